The van der Waals surface area contributed by atoms with Crippen molar-refractivity contribution in [2.24, 2.45) is 0 Å². The SMILES string of the molecule is CCOC(=O)CCCN1[C@@H]2CC[C@H]1CC(OC(=O)c1cc3ccccc3n(C(C)C)c1=O)C2. The van der Waals surface area contributed by atoms with Crippen molar-refractivity contribution < 1.29 is 19.1 Å². The fourth-order valence-corrected chi connectivity index (χ4v) is 5.48. The molecule has 0 saturated carbocycles. The fourth-order valence-electron chi connectivity index (χ4n) is 5.48. The number of nitrogens with zero attached hydrogens (tertiary/aromatic N) is 2. The summed E-state index contributed by atoms with van der Waals surface area (Å²) in [6, 6.07) is 9.93. The van der Waals surface area contributed by atoms with Gasteiger partial charge in [-0.3, -0.25) is 14.5 Å². The molecule has 3 atom stereocenters. The second-order valence-corrected chi connectivity index (χ2v) is 9.42. The minimum atomic E-state index is -0.527. The molecule has 178 valence electrons. The first-order valence-corrected chi connectivity index (χ1v) is 12.2. The van der Waals surface area contributed by atoms with E-state index in [-0.39, 0.29) is 29.2 Å². The summed E-state index contributed by atoms with van der Waals surface area (Å²) in [6.45, 7) is 6.98. The largest absolute Gasteiger partial charge is 0.466 e. The third-order valence-electron chi connectivity index (χ3n) is 6.90. The van der Waals surface area contributed by atoms with Gasteiger partial charge in [-0.2, -0.15) is 0 Å². The molecule has 2 bridgehead atoms. The summed E-state index contributed by atoms with van der Waals surface area (Å²) in [5.41, 5.74) is 0.628. The molecule has 7 heteroatoms. The third kappa shape index (κ3) is 4.98. The van der Waals surface area contributed by atoms with E-state index in [4.69, 9.17) is 9.47 Å². The highest BCUT2D eigenvalue weighted by Crippen LogP contribution is 2.37. The van der Waals surface area contributed by atoms with Crippen LogP contribution < -0.4 is 5.56 Å². The van der Waals surface area contributed by atoms with Crippen LogP contribution in [0.4, 0.5) is 0 Å². The molecule has 0 aliphatic carbocycles. The van der Waals surface area contributed by atoms with E-state index in [2.05, 4.69) is 4.90 Å². The van der Waals surface area contributed by atoms with Gasteiger partial charge in [0.25, 0.3) is 5.56 Å². The van der Waals surface area contributed by atoms with Crippen molar-refractivity contribution in [3.63, 3.8) is 0 Å². The number of esters is 2. The number of pyridine rings is 1. The standard InChI is InChI=1S/C26H34N2O5/c1-4-32-24(29)10-7-13-27-19-11-12-20(27)16-21(15-19)33-26(31)22-14-18-8-5-6-9-23(18)28(17(2)3)25(22)30/h5-6,8-9,14,17,19-21H,4,7,10-13,15-16H2,1-3H3/t19-,20+,21?. The number of benzene rings is 1. The third-order valence-corrected chi connectivity index (χ3v) is 6.90. The lowest BCUT2D eigenvalue weighted by atomic mass is 9.99. The van der Waals surface area contributed by atoms with E-state index in [0.717, 1.165) is 49.6 Å². The number of para-hydroxylation sites is 1. The van der Waals surface area contributed by atoms with Crippen molar-refractivity contribution in [2.75, 3.05) is 13.2 Å². The van der Waals surface area contributed by atoms with Gasteiger partial charge in [-0.1, -0.05) is 18.2 Å². The summed E-state index contributed by atoms with van der Waals surface area (Å²) in [7, 11) is 0. The first-order chi connectivity index (χ1) is 15.9. The van der Waals surface area contributed by atoms with Crippen LogP contribution in [0.25, 0.3) is 10.9 Å². The van der Waals surface area contributed by atoms with E-state index in [1.165, 1.54) is 0 Å². The molecular weight excluding hydrogens is 420 g/mol. The van der Waals surface area contributed by atoms with Crippen LogP contribution in [0.2, 0.25) is 0 Å². The maximum atomic E-state index is 13.1. The molecule has 0 amide bonds. The highest BCUT2D eigenvalue weighted by molar-refractivity contribution is 5.94. The molecule has 1 aromatic carbocycles. The molecule has 33 heavy (non-hydrogen) atoms. The van der Waals surface area contributed by atoms with Crippen LogP contribution >= 0.6 is 0 Å². The van der Waals surface area contributed by atoms with Gasteiger partial charge in [0, 0.05) is 37.4 Å². The molecule has 0 spiro atoms. The Balaban J connectivity index is 1.42. The number of piperidine rings is 1. The normalized spacial score (nSPS) is 22.6. The summed E-state index contributed by atoms with van der Waals surface area (Å²) in [5, 5.41) is 0.856. The maximum absolute atomic E-state index is 13.1. The Morgan fingerprint density at radius 1 is 1.12 bits per heavy atom. The summed E-state index contributed by atoms with van der Waals surface area (Å²) in [6.07, 6.45) is 4.73. The van der Waals surface area contributed by atoms with Crippen LogP contribution in [0.15, 0.2) is 35.1 Å². The Morgan fingerprint density at radius 3 is 2.48 bits per heavy atom. The summed E-state index contributed by atoms with van der Waals surface area (Å²) in [4.78, 5) is 40.3. The second-order valence-electron chi connectivity index (χ2n) is 9.42. The lowest BCUT2D eigenvalue weighted by Crippen LogP contribution is -2.46. The monoisotopic (exact) mass is 454 g/mol. The summed E-state index contributed by atoms with van der Waals surface area (Å²) >= 11 is 0. The molecule has 2 fully saturated rings. The lowest BCUT2D eigenvalue weighted by Gasteiger charge is -2.38. The smallest absolute Gasteiger partial charge is 0.344 e. The maximum Gasteiger partial charge on any atom is 0.344 e. The average molecular weight is 455 g/mol. The highest BCUT2D eigenvalue weighted by atomic mass is 16.5. The predicted octanol–water partition coefficient (Wildman–Crippen LogP) is 4.08. The van der Waals surface area contributed by atoms with Gasteiger partial charge in [0.15, 0.2) is 0 Å². The molecule has 0 N–H and O–H groups in total. The van der Waals surface area contributed by atoms with Gasteiger partial charge >= 0.3 is 11.9 Å². The molecule has 2 aromatic rings. The van der Waals surface area contributed by atoms with E-state index >= 15 is 0 Å². The van der Waals surface area contributed by atoms with Crippen molar-refractivity contribution in [1.29, 1.82) is 0 Å². The van der Waals surface area contributed by atoms with Crippen molar-refractivity contribution in [3.8, 4) is 0 Å². The second kappa shape index (κ2) is 10.1. The Labute approximate surface area is 194 Å². The minimum absolute atomic E-state index is 0.0659. The number of ether oxygens (including phenoxy) is 2. The quantitative estimate of drug-likeness (QED) is 0.560. The minimum Gasteiger partial charge on any atom is -0.466 e. The first-order valence-electron chi connectivity index (χ1n) is 12.2. The Kier molecular flexibility index (Phi) is 7.17. The van der Waals surface area contributed by atoms with E-state index in [1.54, 1.807) is 10.6 Å². The Hall–Kier alpha value is -2.67. The van der Waals surface area contributed by atoms with Gasteiger partial charge in [-0.25, -0.2) is 4.79 Å². The number of carbonyl (C=O) groups excluding carboxylic acids is 2. The van der Waals surface area contributed by atoms with Crippen molar-refractivity contribution in [3.05, 3.63) is 46.2 Å². The number of fused-ring (bicyclic) bond motifs is 3. The number of rotatable bonds is 8. The van der Waals surface area contributed by atoms with Crippen LogP contribution in [0.5, 0.6) is 0 Å². The van der Waals surface area contributed by atoms with E-state index in [0.29, 0.717) is 25.1 Å². The first kappa shape index (κ1) is 23.5. The van der Waals surface area contributed by atoms with Crippen LogP contribution in [0, 0.1) is 0 Å². The molecular formula is C26H34N2O5. The van der Waals surface area contributed by atoms with E-state index in [1.807, 2.05) is 45.0 Å². The molecule has 1 unspecified atom stereocenters. The molecule has 4 rings (SSSR count). The van der Waals surface area contributed by atoms with Crippen LogP contribution in [-0.4, -0.2) is 52.7 Å². The molecule has 2 aliphatic heterocycles. The molecule has 1 aromatic heterocycles. The van der Waals surface area contributed by atoms with Gasteiger partial charge in [0.1, 0.15) is 11.7 Å². The highest BCUT2D eigenvalue weighted by Gasteiger charge is 2.42. The molecule has 2 saturated heterocycles. The number of hydrogen-bond donors (Lipinski definition) is 0. The van der Waals surface area contributed by atoms with E-state index in [9.17, 15) is 14.4 Å². The van der Waals surface area contributed by atoms with Gasteiger partial charge in [-0.15, -0.1) is 0 Å². The van der Waals surface area contributed by atoms with Crippen LogP contribution in [-0.2, 0) is 14.3 Å². The van der Waals surface area contributed by atoms with Gasteiger partial charge in [0.05, 0.1) is 12.1 Å². The Bertz CT molecular complexity index is 1060. The van der Waals surface area contributed by atoms with Crippen LogP contribution in [0.3, 0.4) is 0 Å². The zero-order valence-corrected chi connectivity index (χ0v) is 19.8. The Morgan fingerprint density at radius 2 is 1.82 bits per heavy atom. The lowest BCUT2D eigenvalue weighted by molar-refractivity contribution is -0.143. The molecule has 7 nitrogen and oxygen atoms in total. The van der Waals surface area contributed by atoms with Gasteiger partial charge in [0.2, 0.25) is 0 Å². The van der Waals surface area contributed by atoms with Crippen molar-refractivity contribution in [2.45, 2.75) is 83.5 Å². The molecule has 0 radical (unpaired) electrons. The predicted molar refractivity (Wildman–Crippen MR) is 126 cm³/mol. The molecule has 2 aliphatic rings. The zero-order valence-electron chi connectivity index (χ0n) is 19.8. The number of carbonyl (C=O) groups is 2. The number of hydrogen-bond acceptors (Lipinski definition) is 6. The summed E-state index contributed by atoms with van der Waals surface area (Å²) < 4.78 is 12.6. The fraction of sp³-hybridized carbons (Fsp3) is 0.577. The van der Waals surface area contributed by atoms with Crippen molar-refractivity contribution >= 4 is 22.8 Å². The zero-order chi connectivity index (χ0) is 23.5. The van der Waals surface area contributed by atoms with Crippen LogP contribution in [0.1, 0.15) is 75.7 Å². The average Bonchev–Trinajstić information content (AvgIpc) is 3.01. The van der Waals surface area contributed by atoms with Crippen molar-refractivity contribution in [1.82, 2.24) is 9.47 Å². The topological polar surface area (TPSA) is 77.8 Å². The van der Waals surface area contributed by atoms with Gasteiger partial charge in [-0.05, 0) is 64.1 Å². The van der Waals surface area contributed by atoms with Gasteiger partial charge < -0.3 is 14.0 Å². The number of aromatic nitrogens is 1. The van der Waals surface area contributed by atoms with E-state index < -0.39 is 5.97 Å². The summed E-state index contributed by atoms with van der Waals surface area (Å²) in [5.74, 6) is -0.670. The molecule has 3 heterocycles.